The number of ether oxygens (including phenoxy) is 1. The first-order valence-electron chi connectivity index (χ1n) is 6.79. The molecular weight excluding hydrogens is 238 g/mol. The van der Waals surface area contributed by atoms with E-state index in [1.165, 1.54) is 22.3 Å². The van der Waals surface area contributed by atoms with Crippen LogP contribution in [-0.2, 0) is 14.9 Å². The largest absolute Gasteiger partial charge is 0.381 e. The van der Waals surface area contributed by atoms with Crippen molar-refractivity contribution in [3.05, 3.63) is 34.4 Å². The molecule has 1 saturated heterocycles. The van der Waals surface area contributed by atoms with Crippen molar-refractivity contribution in [1.82, 2.24) is 0 Å². The number of aryl methyl sites for hydroxylation is 3. The maximum absolute atomic E-state index is 10.5. The smallest absolute Gasteiger partial charge is 0.234 e. The zero-order valence-corrected chi connectivity index (χ0v) is 12.0. The molecule has 1 fully saturated rings. The summed E-state index contributed by atoms with van der Waals surface area (Å²) in [6.07, 6.45) is 3.53. The Kier molecular flexibility index (Phi) is 4.18. The molecule has 0 aliphatic carbocycles. The van der Waals surface area contributed by atoms with Gasteiger partial charge in [0.2, 0.25) is 6.08 Å². The van der Waals surface area contributed by atoms with Crippen LogP contribution in [0.1, 0.15) is 35.1 Å². The zero-order chi connectivity index (χ0) is 13.9. The van der Waals surface area contributed by atoms with Gasteiger partial charge in [0.25, 0.3) is 0 Å². The van der Waals surface area contributed by atoms with Crippen molar-refractivity contribution in [1.29, 1.82) is 0 Å². The molecule has 1 aliphatic rings. The molecule has 2 rings (SSSR count). The normalized spacial score (nSPS) is 17.8. The molecule has 0 N–H and O–H groups in total. The second kappa shape index (κ2) is 5.68. The number of isocyanates is 1. The monoisotopic (exact) mass is 259 g/mol. The van der Waals surface area contributed by atoms with Crippen LogP contribution in [0.2, 0.25) is 0 Å². The molecule has 1 aromatic rings. The summed E-state index contributed by atoms with van der Waals surface area (Å²) in [4.78, 5) is 14.4. The minimum atomic E-state index is -0.0580. The molecule has 3 heteroatoms. The van der Waals surface area contributed by atoms with Gasteiger partial charge in [0, 0.05) is 18.6 Å². The maximum atomic E-state index is 10.5. The Bertz CT molecular complexity index is 486. The standard InChI is InChI=1S/C16H21NO2/c1-12-8-13(2)15(14(3)9-12)16(10-17-11-18)4-6-19-7-5-16/h8-9H,4-7,10H2,1-3H3. The number of hydrogen-bond acceptors (Lipinski definition) is 3. The predicted octanol–water partition coefficient (Wildman–Crippen LogP) is 3.00. The van der Waals surface area contributed by atoms with Crippen LogP contribution in [0.25, 0.3) is 0 Å². The molecule has 1 aromatic carbocycles. The van der Waals surface area contributed by atoms with E-state index in [1.807, 2.05) is 0 Å². The van der Waals surface area contributed by atoms with Gasteiger partial charge in [-0.05, 0) is 50.3 Å². The first-order valence-corrected chi connectivity index (χ1v) is 6.79. The third-order valence-electron chi connectivity index (χ3n) is 4.10. The molecule has 0 spiro atoms. The van der Waals surface area contributed by atoms with Crippen molar-refractivity contribution in [3.63, 3.8) is 0 Å². The van der Waals surface area contributed by atoms with Crippen LogP contribution in [0.5, 0.6) is 0 Å². The van der Waals surface area contributed by atoms with Crippen LogP contribution in [0.3, 0.4) is 0 Å². The van der Waals surface area contributed by atoms with Crippen molar-refractivity contribution in [2.75, 3.05) is 19.8 Å². The lowest BCUT2D eigenvalue weighted by molar-refractivity contribution is 0.0527. The summed E-state index contributed by atoms with van der Waals surface area (Å²) in [7, 11) is 0. The molecule has 0 amide bonds. The number of carbonyl (C=O) groups excluding carboxylic acids is 1. The Balaban J connectivity index is 2.51. The van der Waals surface area contributed by atoms with Crippen LogP contribution in [0.15, 0.2) is 17.1 Å². The maximum Gasteiger partial charge on any atom is 0.234 e. The van der Waals surface area contributed by atoms with Crippen molar-refractivity contribution in [3.8, 4) is 0 Å². The molecule has 102 valence electrons. The summed E-state index contributed by atoms with van der Waals surface area (Å²) in [5, 5.41) is 0. The quantitative estimate of drug-likeness (QED) is 0.618. The summed E-state index contributed by atoms with van der Waals surface area (Å²) in [6, 6.07) is 4.42. The van der Waals surface area contributed by atoms with E-state index in [0.717, 1.165) is 26.1 Å². The fourth-order valence-corrected chi connectivity index (χ4v) is 3.45. The Hall–Kier alpha value is -1.44. The van der Waals surface area contributed by atoms with Crippen molar-refractivity contribution in [2.24, 2.45) is 4.99 Å². The van der Waals surface area contributed by atoms with Crippen LogP contribution < -0.4 is 0 Å². The summed E-state index contributed by atoms with van der Waals surface area (Å²) in [5.74, 6) is 0. The minimum Gasteiger partial charge on any atom is -0.381 e. The van der Waals surface area contributed by atoms with Gasteiger partial charge in [-0.25, -0.2) is 9.79 Å². The van der Waals surface area contributed by atoms with E-state index in [-0.39, 0.29) is 5.41 Å². The van der Waals surface area contributed by atoms with Gasteiger partial charge < -0.3 is 4.74 Å². The molecular formula is C16H21NO2. The van der Waals surface area contributed by atoms with Crippen LogP contribution in [0.4, 0.5) is 0 Å². The van der Waals surface area contributed by atoms with Gasteiger partial charge in [-0.1, -0.05) is 17.7 Å². The van der Waals surface area contributed by atoms with Gasteiger partial charge >= 0.3 is 0 Å². The molecule has 1 heterocycles. The molecule has 0 radical (unpaired) electrons. The molecule has 0 atom stereocenters. The number of hydrogen-bond donors (Lipinski definition) is 0. The molecule has 0 aromatic heterocycles. The molecule has 0 bridgehead atoms. The SMILES string of the molecule is Cc1cc(C)c(C2(CN=C=O)CCOCC2)c(C)c1. The lowest BCUT2D eigenvalue weighted by atomic mass is 9.70. The van der Waals surface area contributed by atoms with E-state index in [2.05, 4.69) is 37.9 Å². The van der Waals surface area contributed by atoms with Crippen LogP contribution >= 0.6 is 0 Å². The molecule has 1 aliphatic heterocycles. The number of aliphatic imine (C=N–C) groups is 1. The Morgan fingerprint density at radius 1 is 1.21 bits per heavy atom. The van der Waals surface area contributed by atoms with E-state index in [1.54, 1.807) is 6.08 Å². The number of rotatable bonds is 3. The van der Waals surface area contributed by atoms with Crippen molar-refractivity contribution < 1.29 is 9.53 Å². The van der Waals surface area contributed by atoms with Gasteiger partial charge in [0.1, 0.15) is 0 Å². The third kappa shape index (κ3) is 2.78. The summed E-state index contributed by atoms with van der Waals surface area (Å²) in [5.41, 5.74) is 5.15. The van der Waals surface area contributed by atoms with E-state index < -0.39 is 0 Å². The topological polar surface area (TPSA) is 38.7 Å². The van der Waals surface area contributed by atoms with E-state index in [0.29, 0.717) is 6.54 Å². The second-order valence-corrected chi connectivity index (χ2v) is 5.57. The highest BCUT2D eigenvalue weighted by atomic mass is 16.5. The van der Waals surface area contributed by atoms with Gasteiger partial charge in [-0.2, -0.15) is 0 Å². The van der Waals surface area contributed by atoms with Gasteiger partial charge in [-0.15, -0.1) is 0 Å². The third-order valence-corrected chi connectivity index (χ3v) is 4.10. The molecule has 3 nitrogen and oxygen atoms in total. The van der Waals surface area contributed by atoms with Gasteiger partial charge in [0.05, 0.1) is 6.54 Å². The zero-order valence-electron chi connectivity index (χ0n) is 12.0. The highest BCUT2D eigenvalue weighted by Gasteiger charge is 2.36. The first-order chi connectivity index (χ1) is 9.09. The highest BCUT2D eigenvalue weighted by molar-refractivity contribution is 5.44. The fraction of sp³-hybridized carbons (Fsp3) is 0.562. The number of benzene rings is 1. The highest BCUT2D eigenvalue weighted by Crippen LogP contribution is 2.39. The van der Waals surface area contributed by atoms with Gasteiger partial charge in [-0.3, -0.25) is 0 Å². The summed E-state index contributed by atoms with van der Waals surface area (Å²) < 4.78 is 5.49. The van der Waals surface area contributed by atoms with E-state index >= 15 is 0 Å². The second-order valence-electron chi connectivity index (χ2n) is 5.57. The first kappa shape index (κ1) is 14.0. The minimum absolute atomic E-state index is 0.0580. The predicted molar refractivity (Wildman–Crippen MR) is 75.4 cm³/mol. The van der Waals surface area contributed by atoms with Crippen molar-refractivity contribution in [2.45, 2.75) is 39.0 Å². The fourth-order valence-electron chi connectivity index (χ4n) is 3.45. The molecule has 19 heavy (non-hydrogen) atoms. The molecule has 0 unspecified atom stereocenters. The Labute approximate surface area is 114 Å². The lowest BCUT2D eigenvalue weighted by Crippen LogP contribution is -2.38. The van der Waals surface area contributed by atoms with Crippen molar-refractivity contribution >= 4 is 6.08 Å². The van der Waals surface area contributed by atoms with Gasteiger partial charge in [0.15, 0.2) is 0 Å². The van der Waals surface area contributed by atoms with Crippen LogP contribution in [0, 0.1) is 20.8 Å². The molecule has 0 saturated carbocycles. The Morgan fingerprint density at radius 3 is 2.32 bits per heavy atom. The summed E-state index contributed by atoms with van der Waals surface area (Å²) >= 11 is 0. The average molecular weight is 259 g/mol. The lowest BCUT2D eigenvalue weighted by Gasteiger charge is -2.38. The average Bonchev–Trinajstić information content (AvgIpc) is 2.36. The van der Waals surface area contributed by atoms with E-state index in [4.69, 9.17) is 4.74 Å². The number of nitrogens with zero attached hydrogens (tertiary/aromatic N) is 1. The van der Waals surface area contributed by atoms with E-state index in [9.17, 15) is 4.79 Å². The Morgan fingerprint density at radius 2 is 1.79 bits per heavy atom. The van der Waals surface area contributed by atoms with Crippen LogP contribution in [-0.4, -0.2) is 25.8 Å². The summed E-state index contributed by atoms with van der Waals surface area (Å²) in [6.45, 7) is 8.41.